The van der Waals surface area contributed by atoms with E-state index in [-0.39, 0.29) is 24.6 Å². The summed E-state index contributed by atoms with van der Waals surface area (Å²) in [6, 6.07) is 21.3. The zero-order chi connectivity index (χ0) is 46.5. The lowest BCUT2D eigenvalue weighted by Crippen LogP contribution is -2.18. The van der Waals surface area contributed by atoms with Gasteiger partial charge < -0.3 is 21.1 Å². The van der Waals surface area contributed by atoms with Gasteiger partial charge in [0.1, 0.15) is 0 Å². The number of hydrogen-bond donors (Lipinski definition) is 4. The fourth-order valence-corrected chi connectivity index (χ4v) is 7.22. The van der Waals surface area contributed by atoms with E-state index in [1.165, 1.54) is 6.07 Å². The number of halogens is 6. The molecule has 334 valence electrons. The Morgan fingerprint density at radius 3 is 1.37 bits per heavy atom. The number of pyridine rings is 4. The molecule has 0 unspecified atom stereocenters. The average molecular weight is 894 g/mol. The molecule has 0 radical (unpaired) electrons. The number of benzene rings is 2. The SMILES string of the molecule is CNC(=O)c1ccc(-c2cnc3c(NCCC(F)(F)F)cc(-c4ccncc4)cn23)cc1C.Cc1cc(-c2cnc3c(NCCC(F)(F)F)cc(-c4ccncc4)cn23)ccc1C(=O)O. The molecule has 0 fully saturated rings. The van der Waals surface area contributed by atoms with Gasteiger partial charge >= 0.3 is 18.3 Å². The summed E-state index contributed by atoms with van der Waals surface area (Å²) in [5.41, 5.74) is 10.4. The average Bonchev–Trinajstić information content (AvgIpc) is 3.91. The Hall–Kier alpha value is -7.76. The van der Waals surface area contributed by atoms with Gasteiger partial charge in [-0.3, -0.25) is 23.6 Å². The molecule has 0 aliphatic rings. The van der Waals surface area contributed by atoms with Crippen LogP contribution in [-0.2, 0) is 0 Å². The lowest BCUT2D eigenvalue weighted by Gasteiger charge is -2.13. The first kappa shape index (κ1) is 45.3. The van der Waals surface area contributed by atoms with Crippen LogP contribution in [0.25, 0.3) is 56.1 Å². The first-order valence-electron chi connectivity index (χ1n) is 20.1. The van der Waals surface area contributed by atoms with E-state index in [4.69, 9.17) is 0 Å². The summed E-state index contributed by atoms with van der Waals surface area (Å²) in [4.78, 5) is 40.3. The van der Waals surface area contributed by atoms with Crippen molar-refractivity contribution in [2.45, 2.75) is 39.0 Å². The second kappa shape index (κ2) is 18.9. The van der Waals surface area contributed by atoms with Crippen LogP contribution >= 0.6 is 0 Å². The number of aromatic nitrogens is 6. The van der Waals surface area contributed by atoms with Gasteiger partial charge in [0.05, 0.1) is 53.6 Å². The lowest BCUT2D eigenvalue weighted by atomic mass is 10.0. The predicted octanol–water partition coefficient (Wildman–Crippen LogP) is 10.5. The molecule has 65 heavy (non-hydrogen) atoms. The quantitative estimate of drug-likeness (QED) is 0.0879. The zero-order valence-electron chi connectivity index (χ0n) is 35.1. The van der Waals surface area contributed by atoms with Crippen molar-refractivity contribution in [2.24, 2.45) is 0 Å². The third kappa shape index (κ3) is 10.7. The van der Waals surface area contributed by atoms with Crippen LogP contribution in [0.4, 0.5) is 37.7 Å². The standard InChI is InChI=1S/C24H22F3N5O.C23H19F3N4O2/c1-15-11-17(3-4-19(15)23(33)28-2)21-13-31-22-20(30-10-7-24(25,26)27)12-18(14-32(21)22)16-5-8-29-9-6-16;1-14-10-16(2-3-18(14)22(31)32)20-12-29-21-19(28-9-6-23(24,25)26)11-17(13-30(20)21)15-4-7-27-8-5-15/h3-6,8-9,11-14,30H,7,10H2,1-2H3,(H,28,33);2-5,7-8,10-13,28H,6,9H2,1H3,(H,31,32). The van der Waals surface area contributed by atoms with E-state index in [1.54, 1.807) is 85.9 Å². The van der Waals surface area contributed by atoms with E-state index in [1.807, 2.05) is 60.1 Å². The number of imidazole rings is 2. The van der Waals surface area contributed by atoms with Gasteiger partial charge in [-0.1, -0.05) is 12.1 Å². The van der Waals surface area contributed by atoms with Crippen LogP contribution in [-0.4, -0.2) is 78.2 Å². The van der Waals surface area contributed by atoms with Crippen LogP contribution in [0.5, 0.6) is 0 Å². The van der Waals surface area contributed by atoms with Gasteiger partial charge in [0.15, 0.2) is 11.3 Å². The van der Waals surface area contributed by atoms with Crippen LogP contribution in [0, 0.1) is 13.8 Å². The number of amides is 1. The lowest BCUT2D eigenvalue weighted by molar-refractivity contribution is -0.132. The summed E-state index contributed by atoms with van der Waals surface area (Å²) in [6.07, 6.45) is 3.19. The van der Waals surface area contributed by atoms with E-state index < -0.39 is 31.2 Å². The molecule has 8 aromatic rings. The Balaban J connectivity index is 0.000000194. The number of carbonyl (C=O) groups is 2. The number of alkyl halides is 6. The highest BCUT2D eigenvalue weighted by Gasteiger charge is 2.27. The van der Waals surface area contributed by atoms with Crippen LogP contribution in [0.15, 0.2) is 122 Å². The summed E-state index contributed by atoms with van der Waals surface area (Å²) in [7, 11) is 1.58. The molecule has 0 saturated heterocycles. The van der Waals surface area contributed by atoms with Gasteiger partial charge in [0, 0.05) is 85.1 Å². The van der Waals surface area contributed by atoms with E-state index in [0.717, 1.165) is 44.6 Å². The number of nitrogens with one attached hydrogen (secondary N) is 3. The third-order valence-electron chi connectivity index (χ3n) is 10.4. The molecule has 1 amide bonds. The number of carboxylic acids is 1. The van der Waals surface area contributed by atoms with Crippen molar-refractivity contribution >= 4 is 34.5 Å². The van der Waals surface area contributed by atoms with E-state index in [2.05, 4.69) is 35.9 Å². The number of aryl methyl sites for hydroxylation is 2. The normalized spacial score (nSPS) is 11.6. The minimum absolute atomic E-state index is 0.173. The van der Waals surface area contributed by atoms with Crippen molar-refractivity contribution in [3.8, 4) is 44.8 Å². The molecular weight excluding hydrogens is 853 g/mol. The first-order chi connectivity index (χ1) is 31.0. The summed E-state index contributed by atoms with van der Waals surface area (Å²) in [5.74, 6) is -1.18. The smallest absolute Gasteiger partial charge is 0.390 e. The number of nitrogens with zero attached hydrogens (tertiary/aromatic N) is 6. The van der Waals surface area contributed by atoms with Gasteiger partial charge in [-0.25, -0.2) is 14.8 Å². The van der Waals surface area contributed by atoms with Crippen molar-refractivity contribution in [1.82, 2.24) is 34.1 Å². The van der Waals surface area contributed by atoms with Crippen molar-refractivity contribution in [3.63, 3.8) is 0 Å². The van der Waals surface area contributed by atoms with Crippen LogP contribution in [0.3, 0.4) is 0 Å². The first-order valence-corrected chi connectivity index (χ1v) is 20.1. The Labute approximate surface area is 368 Å². The van der Waals surface area contributed by atoms with E-state index >= 15 is 0 Å². The highest BCUT2D eigenvalue weighted by molar-refractivity contribution is 5.96. The van der Waals surface area contributed by atoms with E-state index in [0.29, 0.717) is 39.5 Å². The van der Waals surface area contributed by atoms with Crippen molar-refractivity contribution in [3.05, 3.63) is 145 Å². The molecular formula is C47H41F6N9O3. The number of anilines is 2. The van der Waals surface area contributed by atoms with Gasteiger partial charge in [-0.05, 0) is 96.8 Å². The number of rotatable bonds is 12. The Kier molecular flexibility index (Phi) is 13.2. The van der Waals surface area contributed by atoms with Crippen LogP contribution < -0.4 is 16.0 Å². The number of hydrogen-bond acceptors (Lipinski definition) is 8. The highest BCUT2D eigenvalue weighted by atomic mass is 19.4. The zero-order valence-corrected chi connectivity index (χ0v) is 35.1. The maximum Gasteiger partial charge on any atom is 0.390 e. The van der Waals surface area contributed by atoms with Crippen molar-refractivity contribution < 1.29 is 41.0 Å². The molecule has 4 N–H and O–H groups in total. The number of aromatic carboxylic acids is 1. The fourth-order valence-electron chi connectivity index (χ4n) is 7.22. The second-order valence-electron chi connectivity index (χ2n) is 15.0. The maximum atomic E-state index is 12.7. The molecule has 8 rings (SSSR count). The molecule has 0 saturated carbocycles. The molecule has 6 aromatic heterocycles. The topological polar surface area (TPSA) is 151 Å². The second-order valence-corrected chi connectivity index (χ2v) is 15.0. The predicted molar refractivity (Wildman–Crippen MR) is 236 cm³/mol. The molecule has 6 heterocycles. The summed E-state index contributed by atoms with van der Waals surface area (Å²) < 4.78 is 79.7. The largest absolute Gasteiger partial charge is 0.478 e. The highest BCUT2D eigenvalue weighted by Crippen LogP contribution is 2.33. The molecule has 0 aliphatic carbocycles. The Morgan fingerprint density at radius 2 is 1.00 bits per heavy atom. The van der Waals surface area contributed by atoms with Gasteiger partial charge in [0.2, 0.25) is 0 Å². The maximum absolute atomic E-state index is 12.7. The van der Waals surface area contributed by atoms with Gasteiger partial charge in [0.25, 0.3) is 5.91 Å². The number of fused-ring (bicyclic) bond motifs is 2. The molecule has 0 bridgehead atoms. The molecule has 18 heteroatoms. The minimum Gasteiger partial charge on any atom is -0.478 e. The van der Waals surface area contributed by atoms with Crippen LogP contribution in [0.1, 0.15) is 44.7 Å². The molecule has 0 atom stereocenters. The van der Waals surface area contributed by atoms with Gasteiger partial charge in [-0.15, -0.1) is 0 Å². The number of carbonyl (C=O) groups excluding carboxylic acids is 1. The van der Waals surface area contributed by atoms with Crippen molar-refractivity contribution in [1.29, 1.82) is 0 Å². The Bertz CT molecular complexity index is 2990. The van der Waals surface area contributed by atoms with E-state index in [9.17, 15) is 41.0 Å². The number of carboxylic acid groups (broad SMARTS) is 1. The molecule has 0 spiro atoms. The summed E-state index contributed by atoms with van der Waals surface area (Å²) >= 11 is 0. The monoisotopic (exact) mass is 893 g/mol. The minimum atomic E-state index is -4.27. The fraction of sp³-hybridized carbons (Fsp3) is 0.191. The summed E-state index contributed by atoms with van der Waals surface area (Å²) in [5, 5.41) is 17.7. The van der Waals surface area contributed by atoms with Crippen LogP contribution in [0.2, 0.25) is 0 Å². The summed E-state index contributed by atoms with van der Waals surface area (Å²) in [6.45, 7) is 3.02. The molecule has 12 nitrogen and oxygen atoms in total. The molecule has 0 aliphatic heterocycles. The third-order valence-corrected chi connectivity index (χ3v) is 10.4. The van der Waals surface area contributed by atoms with Gasteiger partial charge in [-0.2, -0.15) is 26.3 Å². The van der Waals surface area contributed by atoms with Crippen molar-refractivity contribution in [2.75, 3.05) is 30.8 Å². The Morgan fingerprint density at radius 1 is 0.585 bits per heavy atom. The molecule has 2 aromatic carbocycles.